The number of aliphatic carboxylic acids is 1. The van der Waals surface area contributed by atoms with Crippen LogP contribution in [-0.4, -0.2) is 44.5 Å². The van der Waals surface area contributed by atoms with Crippen LogP contribution in [-0.2, 0) is 18.3 Å². The Bertz CT molecular complexity index is 460. The quantitative estimate of drug-likeness (QED) is 0.660. The number of carboxylic acid groups (broad SMARTS) is 1. The number of aryl methyl sites for hydroxylation is 1. The van der Waals surface area contributed by atoms with Gasteiger partial charge in [-0.25, -0.2) is 14.6 Å². The first-order valence-electron chi connectivity index (χ1n) is 6.55. The Morgan fingerprint density at radius 2 is 2.20 bits per heavy atom. The molecule has 0 fully saturated rings. The normalized spacial score (nSPS) is 13.6. The number of carbonyl (C=O) groups excluding carboxylic acids is 1. The summed E-state index contributed by atoms with van der Waals surface area (Å²) in [5, 5.41) is 18.2. The molecule has 0 saturated heterocycles. The molecule has 1 aromatic heterocycles. The molecule has 0 spiro atoms. The second-order valence-electron chi connectivity index (χ2n) is 4.69. The molecule has 8 nitrogen and oxygen atoms in total. The lowest BCUT2D eigenvalue weighted by Crippen LogP contribution is -2.49. The van der Waals surface area contributed by atoms with Crippen molar-refractivity contribution < 1.29 is 14.7 Å². The molecule has 20 heavy (non-hydrogen) atoms. The van der Waals surface area contributed by atoms with Crippen LogP contribution in [0.4, 0.5) is 4.79 Å². The number of carboxylic acids is 1. The van der Waals surface area contributed by atoms with Gasteiger partial charge in [0.25, 0.3) is 0 Å². The van der Waals surface area contributed by atoms with E-state index in [4.69, 9.17) is 5.11 Å². The van der Waals surface area contributed by atoms with E-state index in [1.807, 2.05) is 6.92 Å². The lowest BCUT2D eigenvalue weighted by molar-refractivity contribution is -0.140. The van der Waals surface area contributed by atoms with Crippen molar-refractivity contribution in [1.29, 1.82) is 0 Å². The molecular formula is C12H21N5O3. The third kappa shape index (κ3) is 4.87. The highest BCUT2D eigenvalue weighted by atomic mass is 16.4. The number of carbonyl (C=O) groups is 2. The van der Waals surface area contributed by atoms with Gasteiger partial charge in [-0.05, 0) is 5.92 Å². The van der Waals surface area contributed by atoms with E-state index in [1.54, 1.807) is 25.0 Å². The number of urea groups is 1. The fourth-order valence-electron chi connectivity index (χ4n) is 1.66. The van der Waals surface area contributed by atoms with Crippen LogP contribution in [0.3, 0.4) is 0 Å². The fourth-order valence-corrected chi connectivity index (χ4v) is 1.66. The largest absolute Gasteiger partial charge is 0.480 e. The molecule has 0 radical (unpaired) electrons. The van der Waals surface area contributed by atoms with E-state index in [1.165, 1.54) is 0 Å². The highest BCUT2D eigenvalue weighted by Gasteiger charge is 2.24. The van der Waals surface area contributed by atoms with Crippen molar-refractivity contribution in [2.24, 2.45) is 13.0 Å². The number of hydrogen-bond donors (Lipinski definition) is 3. The molecule has 0 aliphatic heterocycles. The number of rotatable bonds is 7. The number of hydrogen-bond acceptors (Lipinski definition) is 4. The third-order valence-corrected chi connectivity index (χ3v) is 3.05. The molecule has 0 aromatic carbocycles. The van der Waals surface area contributed by atoms with Crippen LogP contribution in [0.15, 0.2) is 6.33 Å². The maximum atomic E-state index is 11.6. The fraction of sp³-hybridized carbons (Fsp3) is 0.667. The highest BCUT2D eigenvalue weighted by molar-refractivity contribution is 5.82. The van der Waals surface area contributed by atoms with Crippen molar-refractivity contribution in [3.63, 3.8) is 0 Å². The summed E-state index contributed by atoms with van der Waals surface area (Å²) in [6.45, 7) is 4.02. The Balaban J connectivity index is 2.36. The van der Waals surface area contributed by atoms with Crippen molar-refractivity contribution in [2.45, 2.75) is 32.7 Å². The molecule has 0 saturated carbocycles. The average Bonchev–Trinajstić information content (AvgIpc) is 2.80. The van der Waals surface area contributed by atoms with Gasteiger partial charge in [-0.1, -0.05) is 20.3 Å². The van der Waals surface area contributed by atoms with Crippen LogP contribution in [0.5, 0.6) is 0 Å². The van der Waals surface area contributed by atoms with Crippen LogP contribution in [0.1, 0.15) is 26.1 Å². The SMILES string of the molecule is CC[C@H](C)[C@H](NC(=O)NCCc1ncn(C)n1)C(=O)O. The third-order valence-electron chi connectivity index (χ3n) is 3.05. The lowest BCUT2D eigenvalue weighted by Gasteiger charge is -2.20. The molecule has 0 aliphatic rings. The molecule has 112 valence electrons. The predicted octanol–water partition coefficient (Wildman–Crippen LogP) is 0.156. The average molecular weight is 283 g/mol. The smallest absolute Gasteiger partial charge is 0.326 e. The molecule has 2 atom stereocenters. The van der Waals surface area contributed by atoms with Crippen LogP contribution < -0.4 is 10.6 Å². The van der Waals surface area contributed by atoms with Crippen molar-refractivity contribution in [3.05, 3.63) is 12.2 Å². The summed E-state index contributed by atoms with van der Waals surface area (Å²) >= 11 is 0. The van der Waals surface area contributed by atoms with Gasteiger partial charge in [-0.2, -0.15) is 5.10 Å². The van der Waals surface area contributed by atoms with E-state index >= 15 is 0 Å². The van der Waals surface area contributed by atoms with E-state index in [0.717, 1.165) is 0 Å². The van der Waals surface area contributed by atoms with Gasteiger partial charge >= 0.3 is 12.0 Å². The van der Waals surface area contributed by atoms with Gasteiger partial charge in [0.2, 0.25) is 0 Å². The van der Waals surface area contributed by atoms with Gasteiger partial charge < -0.3 is 15.7 Å². The summed E-state index contributed by atoms with van der Waals surface area (Å²) in [7, 11) is 1.76. The van der Waals surface area contributed by atoms with Crippen LogP contribution >= 0.6 is 0 Å². The number of aromatic nitrogens is 3. The van der Waals surface area contributed by atoms with Gasteiger partial charge in [0.1, 0.15) is 12.4 Å². The lowest BCUT2D eigenvalue weighted by atomic mass is 9.99. The van der Waals surface area contributed by atoms with E-state index in [0.29, 0.717) is 25.2 Å². The Hall–Kier alpha value is -2.12. The van der Waals surface area contributed by atoms with Gasteiger partial charge in [-0.3, -0.25) is 4.68 Å². The molecule has 2 amide bonds. The summed E-state index contributed by atoms with van der Waals surface area (Å²) in [6, 6.07) is -1.37. The van der Waals surface area contributed by atoms with E-state index in [2.05, 4.69) is 20.7 Å². The minimum Gasteiger partial charge on any atom is -0.480 e. The number of nitrogens with zero attached hydrogens (tertiary/aromatic N) is 3. The van der Waals surface area contributed by atoms with Crippen LogP contribution in [0.2, 0.25) is 0 Å². The summed E-state index contributed by atoms with van der Waals surface area (Å²) in [5.74, 6) is -0.527. The first kappa shape index (κ1) is 15.9. The van der Waals surface area contributed by atoms with Crippen molar-refractivity contribution in [1.82, 2.24) is 25.4 Å². The number of amides is 2. The summed E-state index contributed by atoms with van der Waals surface area (Å²) in [6.07, 6.45) is 2.75. The molecule has 1 heterocycles. The monoisotopic (exact) mass is 283 g/mol. The molecule has 0 aliphatic carbocycles. The molecular weight excluding hydrogens is 262 g/mol. The van der Waals surface area contributed by atoms with Gasteiger partial charge in [-0.15, -0.1) is 0 Å². The molecule has 1 aromatic rings. The standard InChI is InChI=1S/C12H21N5O3/c1-4-8(2)10(11(18)19)15-12(20)13-6-5-9-14-7-17(3)16-9/h7-8,10H,4-6H2,1-3H3,(H,18,19)(H2,13,15,20)/t8-,10-/m0/s1. The minimum absolute atomic E-state index is 0.129. The highest BCUT2D eigenvalue weighted by Crippen LogP contribution is 2.07. The Kier molecular flexibility index (Phi) is 5.95. The summed E-state index contributed by atoms with van der Waals surface area (Å²) in [4.78, 5) is 26.7. The first-order chi connectivity index (χ1) is 9.43. The number of nitrogens with one attached hydrogen (secondary N) is 2. The van der Waals surface area contributed by atoms with E-state index < -0.39 is 18.0 Å². The Morgan fingerprint density at radius 1 is 1.50 bits per heavy atom. The first-order valence-corrected chi connectivity index (χ1v) is 6.55. The van der Waals surface area contributed by atoms with Gasteiger partial charge in [0, 0.05) is 20.0 Å². The zero-order chi connectivity index (χ0) is 15.1. The van der Waals surface area contributed by atoms with Crippen molar-refractivity contribution >= 4 is 12.0 Å². The summed E-state index contributed by atoms with van der Waals surface area (Å²) in [5.41, 5.74) is 0. The van der Waals surface area contributed by atoms with E-state index in [-0.39, 0.29) is 5.92 Å². The predicted molar refractivity (Wildman–Crippen MR) is 72.1 cm³/mol. The second kappa shape index (κ2) is 7.46. The maximum absolute atomic E-state index is 11.6. The van der Waals surface area contributed by atoms with Gasteiger partial charge in [0.15, 0.2) is 5.82 Å². The van der Waals surface area contributed by atoms with Gasteiger partial charge in [0.05, 0.1) is 0 Å². The molecule has 8 heteroatoms. The van der Waals surface area contributed by atoms with Crippen molar-refractivity contribution in [2.75, 3.05) is 6.54 Å². The maximum Gasteiger partial charge on any atom is 0.326 e. The van der Waals surface area contributed by atoms with Crippen molar-refractivity contribution in [3.8, 4) is 0 Å². The zero-order valence-electron chi connectivity index (χ0n) is 12.0. The Morgan fingerprint density at radius 3 is 2.70 bits per heavy atom. The molecule has 3 N–H and O–H groups in total. The molecule has 0 bridgehead atoms. The van der Waals surface area contributed by atoms with Crippen LogP contribution in [0.25, 0.3) is 0 Å². The van der Waals surface area contributed by atoms with Crippen LogP contribution in [0, 0.1) is 5.92 Å². The molecule has 1 rings (SSSR count). The zero-order valence-corrected chi connectivity index (χ0v) is 12.0. The van der Waals surface area contributed by atoms with E-state index in [9.17, 15) is 9.59 Å². The Labute approximate surface area is 117 Å². The molecule has 0 unspecified atom stereocenters. The second-order valence-corrected chi connectivity index (χ2v) is 4.69. The topological polar surface area (TPSA) is 109 Å². The summed E-state index contributed by atoms with van der Waals surface area (Å²) < 4.78 is 1.58. The minimum atomic E-state index is -1.03.